The summed E-state index contributed by atoms with van der Waals surface area (Å²) in [7, 11) is 0. The Morgan fingerprint density at radius 3 is 3.25 bits per heavy atom. The Balaban J connectivity index is 1.91. The van der Waals surface area contributed by atoms with Crippen LogP contribution in [0, 0.1) is 0 Å². The van der Waals surface area contributed by atoms with Gasteiger partial charge in [0.1, 0.15) is 5.76 Å². The normalized spacial score (nSPS) is 10.0. The molecule has 0 saturated carbocycles. The lowest BCUT2D eigenvalue weighted by atomic mass is 10.4. The molecule has 0 aliphatic rings. The van der Waals surface area contributed by atoms with Gasteiger partial charge in [0, 0.05) is 5.38 Å². The second kappa shape index (κ2) is 3.40. The fourth-order valence-corrected chi connectivity index (χ4v) is 1.39. The summed E-state index contributed by atoms with van der Waals surface area (Å²) >= 11 is 1.43. The molecule has 2 heterocycles. The molecule has 2 aromatic rings. The van der Waals surface area contributed by atoms with Gasteiger partial charge in [0.25, 0.3) is 0 Å². The predicted octanol–water partition coefficient (Wildman–Crippen LogP) is 2.35. The Morgan fingerprint density at radius 1 is 1.58 bits per heavy atom. The summed E-state index contributed by atoms with van der Waals surface area (Å²) in [6.07, 6.45) is 3.47. The average molecular weight is 180 g/mol. The van der Waals surface area contributed by atoms with Crippen LogP contribution in [0.25, 0.3) is 0 Å². The molecule has 2 rings (SSSR count). The molecular formula is C8H8N2OS. The second-order valence-corrected chi connectivity index (χ2v) is 3.00. The maximum absolute atomic E-state index is 5.15. The van der Waals surface area contributed by atoms with E-state index < -0.39 is 0 Å². The van der Waals surface area contributed by atoms with Crippen LogP contribution in [-0.2, 0) is 6.54 Å². The molecule has 0 saturated heterocycles. The first-order chi connectivity index (χ1) is 5.95. The summed E-state index contributed by atoms with van der Waals surface area (Å²) < 4.78 is 9.12. The maximum atomic E-state index is 5.15. The fraction of sp³-hybridized carbons (Fsp3) is 0.125. The van der Waals surface area contributed by atoms with Gasteiger partial charge in [-0.1, -0.05) is 0 Å². The lowest BCUT2D eigenvalue weighted by molar-refractivity contribution is 0.518. The molecule has 0 aliphatic heterocycles. The molecule has 0 atom stereocenters. The third-order valence-electron chi connectivity index (χ3n) is 1.48. The first kappa shape index (κ1) is 7.36. The van der Waals surface area contributed by atoms with E-state index in [1.807, 2.05) is 17.5 Å². The van der Waals surface area contributed by atoms with Crippen molar-refractivity contribution in [2.45, 2.75) is 6.54 Å². The molecule has 0 aliphatic carbocycles. The van der Waals surface area contributed by atoms with Gasteiger partial charge < -0.3 is 9.73 Å². The van der Waals surface area contributed by atoms with Crippen molar-refractivity contribution in [3.63, 3.8) is 0 Å². The van der Waals surface area contributed by atoms with Gasteiger partial charge in [-0.3, -0.25) is 0 Å². The van der Waals surface area contributed by atoms with Gasteiger partial charge >= 0.3 is 0 Å². The molecule has 0 amide bonds. The van der Waals surface area contributed by atoms with Gasteiger partial charge in [0.15, 0.2) is 0 Å². The SMILES string of the molecule is c1coc(CNc2cnsc2)c1. The summed E-state index contributed by atoms with van der Waals surface area (Å²) in [4.78, 5) is 0. The van der Waals surface area contributed by atoms with Crippen molar-refractivity contribution in [1.29, 1.82) is 0 Å². The number of aromatic nitrogens is 1. The van der Waals surface area contributed by atoms with Crippen LogP contribution in [-0.4, -0.2) is 4.37 Å². The van der Waals surface area contributed by atoms with Crippen molar-refractivity contribution >= 4 is 17.2 Å². The minimum atomic E-state index is 0.714. The van der Waals surface area contributed by atoms with Gasteiger partial charge in [-0.05, 0) is 23.7 Å². The Bertz CT molecular complexity index is 280. The predicted molar refractivity (Wildman–Crippen MR) is 48.1 cm³/mol. The molecule has 62 valence electrons. The van der Waals surface area contributed by atoms with E-state index in [1.165, 1.54) is 11.5 Å². The molecule has 0 unspecified atom stereocenters. The molecule has 1 N–H and O–H groups in total. The quantitative estimate of drug-likeness (QED) is 0.787. The van der Waals surface area contributed by atoms with Crippen LogP contribution in [0.4, 0.5) is 5.69 Å². The van der Waals surface area contributed by atoms with Crippen LogP contribution in [0.1, 0.15) is 5.76 Å². The zero-order valence-electron chi connectivity index (χ0n) is 6.36. The van der Waals surface area contributed by atoms with E-state index in [1.54, 1.807) is 12.5 Å². The van der Waals surface area contributed by atoms with Gasteiger partial charge in [-0.2, -0.15) is 4.37 Å². The smallest absolute Gasteiger partial charge is 0.122 e. The number of nitrogens with one attached hydrogen (secondary N) is 1. The van der Waals surface area contributed by atoms with Crippen LogP contribution in [0.5, 0.6) is 0 Å². The topological polar surface area (TPSA) is 38.1 Å². The number of hydrogen-bond donors (Lipinski definition) is 1. The largest absolute Gasteiger partial charge is 0.467 e. The lowest BCUT2D eigenvalue weighted by Crippen LogP contribution is -1.95. The second-order valence-electron chi connectivity index (χ2n) is 2.35. The molecule has 4 heteroatoms. The molecule has 0 bridgehead atoms. The molecule has 0 radical (unpaired) electrons. The lowest BCUT2D eigenvalue weighted by Gasteiger charge is -1.98. The Hall–Kier alpha value is -1.29. The number of furan rings is 1. The highest BCUT2D eigenvalue weighted by atomic mass is 32.1. The number of hydrogen-bond acceptors (Lipinski definition) is 4. The number of rotatable bonds is 3. The first-order valence-electron chi connectivity index (χ1n) is 3.61. The van der Waals surface area contributed by atoms with Crippen molar-refractivity contribution in [3.8, 4) is 0 Å². The van der Waals surface area contributed by atoms with E-state index >= 15 is 0 Å². The number of nitrogens with zero attached hydrogens (tertiary/aromatic N) is 1. The number of anilines is 1. The Kier molecular flexibility index (Phi) is 2.09. The summed E-state index contributed by atoms with van der Waals surface area (Å²) in [5.74, 6) is 0.932. The minimum Gasteiger partial charge on any atom is -0.467 e. The Labute approximate surface area is 74.2 Å². The van der Waals surface area contributed by atoms with Crippen LogP contribution in [0.15, 0.2) is 34.4 Å². The molecule has 3 nitrogen and oxygen atoms in total. The van der Waals surface area contributed by atoms with Crippen molar-refractivity contribution in [2.75, 3.05) is 5.32 Å². The summed E-state index contributed by atoms with van der Waals surface area (Å²) in [6.45, 7) is 0.714. The highest BCUT2D eigenvalue weighted by Gasteiger charge is 1.95. The molecule has 0 spiro atoms. The third kappa shape index (κ3) is 1.65. The summed E-state index contributed by atoms with van der Waals surface area (Å²) in [5, 5.41) is 5.14. The van der Waals surface area contributed by atoms with E-state index in [4.69, 9.17) is 4.42 Å². The molecule has 2 aromatic heterocycles. The van der Waals surface area contributed by atoms with E-state index in [-0.39, 0.29) is 0 Å². The molecular weight excluding hydrogens is 172 g/mol. The van der Waals surface area contributed by atoms with Crippen molar-refractivity contribution in [1.82, 2.24) is 4.37 Å². The maximum Gasteiger partial charge on any atom is 0.122 e. The zero-order chi connectivity index (χ0) is 8.23. The van der Waals surface area contributed by atoms with Gasteiger partial charge in [-0.25, -0.2) is 0 Å². The highest BCUT2D eigenvalue weighted by molar-refractivity contribution is 7.04. The van der Waals surface area contributed by atoms with Crippen LogP contribution < -0.4 is 5.32 Å². The molecule has 12 heavy (non-hydrogen) atoms. The van der Waals surface area contributed by atoms with E-state index in [9.17, 15) is 0 Å². The summed E-state index contributed by atoms with van der Waals surface area (Å²) in [5.41, 5.74) is 1.04. The van der Waals surface area contributed by atoms with Crippen molar-refractivity contribution in [3.05, 3.63) is 35.7 Å². The summed E-state index contributed by atoms with van der Waals surface area (Å²) in [6, 6.07) is 3.82. The first-order valence-corrected chi connectivity index (χ1v) is 4.44. The van der Waals surface area contributed by atoms with Gasteiger partial charge in [0.2, 0.25) is 0 Å². The standard InChI is InChI=1S/C8H8N2OS/c1-2-8(11-3-1)5-9-7-4-10-12-6-7/h1-4,6,9H,5H2. The van der Waals surface area contributed by atoms with E-state index in [0.29, 0.717) is 6.54 Å². The van der Waals surface area contributed by atoms with E-state index in [2.05, 4.69) is 9.69 Å². The van der Waals surface area contributed by atoms with Gasteiger partial charge in [-0.15, -0.1) is 0 Å². The van der Waals surface area contributed by atoms with E-state index in [0.717, 1.165) is 11.4 Å². The highest BCUT2D eigenvalue weighted by Crippen LogP contribution is 2.10. The van der Waals surface area contributed by atoms with Crippen LogP contribution in [0.3, 0.4) is 0 Å². The monoisotopic (exact) mass is 180 g/mol. The van der Waals surface area contributed by atoms with Crippen LogP contribution in [0.2, 0.25) is 0 Å². The fourth-order valence-electron chi connectivity index (χ4n) is 0.895. The minimum absolute atomic E-state index is 0.714. The average Bonchev–Trinajstić information content (AvgIpc) is 2.74. The zero-order valence-corrected chi connectivity index (χ0v) is 7.17. The molecule has 0 fully saturated rings. The van der Waals surface area contributed by atoms with Crippen molar-refractivity contribution < 1.29 is 4.42 Å². The Morgan fingerprint density at radius 2 is 2.58 bits per heavy atom. The van der Waals surface area contributed by atoms with Crippen molar-refractivity contribution in [2.24, 2.45) is 0 Å². The molecule has 0 aromatic carbocycles. The third-order valence-corrected chi connectivity index (χ3v) is 2.07. The van der Waals surface area contributed by atoms with Crippen LogP contribution >= 0.6 is 11.5 Å². The van der Waals surface area contributed by atoms with Gasteiger partial charge in [0.05, 0.1) is 24.7 Å².